The highest BCUT2D eigenvalue weighted by Gasteiger charge is 2.44. The Morgan fingerprint density at radius 1 is 1.19 bits per heavy atom. The smallest absolute Gasteiger partial charge is 0.369 e. The van der Waals surface area contributed by atoms with Crippen LogP contribution in [-0.4, -0.2) is 41.8 Å². The van der Waals surface area contributed by atoms with E-state index in [9.17, 15) is 27.6 Å². The van der Waals surface area contributed by atoms with Gasteiger partial charge < -0.3 is 5.73 Å². The van der Waals surface area contributed by atoms with E-state index in [2.05, 4.69) is 0 Å². The monoisotopic (exact) mass is 403 g/mol. The maximum Gasteiger partial charge on any atom is 0.417 e. The Morgan fingerprint density at radius 3 is 2.37 bits per heavy atom. The molecule has 2 fully saturated rings. The lowest BCUT2D eigenvalue weighted by Crippen LogP contribution is -2.47. The zero-order valence-electron chi connectivity index (χ0n) is 14.1. The van der Waals surface area contributed by atoms with Crippen LogP contribution in [-0.2, 0) is 20.6 Å². The van der Waals surface area contributed by atoms with Gasteiger partial charge in [-0.2, -0.15) is 13.2 Å². The molecule has 0 unspecified atom stereocenters. The van der Waals surface area contributed by atoms with Crippen LogP contribution in [0.3, 0.4) is 0 Å². The molecule has 1 aromatic carbocycles. The highest BCUT2D eigenvalue weighted by atomic mass is 35.5. The van der Waals surface area contributed by atoms with E-state index < -0.39 is 40.5 Å². The maximum atomic E-state index is 13.1. The second kappa shape index (κ2) is 7.12. The average Bonchev–Trinajstić information content (AvgIpc) is 2.89. The predicted octanol–water partition coefficient (Wildman–Crippen LogP) is 2.19. The summed E-state index contributed by atoms with van der Waals surface area (Å²) in [4.78, 5) is 38.9. The lowest BCUT2D eigenvalue weighted by molar-refractivity contribution is -0.137. The molecule has 0 saturated carbocycles. The maximum absolute atomic E-state index is 13.1. The van der Waals surface area contributed by atoms with Gasteiger partial charge in [0.25, 0.3) is 5.91 Å². The fourth-order valence-corrected chi connectivity index (χ4v) is 3.76. The summed E-state index contributed by atoms with van der Waals surface area (Å²) in [6, 6.07) is 2.19. The molecule has 0 radical (unpaired) electrons. The van der Waals surface area contributed by atoms with E-state index in [1.807, 2.05) is 0 Å². The number of imide groups is 1. The van der Waals surface area contributed by atoms with Gasteiger partial charge in [0.05, 0.1) is 28.7 Å². The number of anilines is 1. The number of carbonyl (C=O) groups excluding carboxylic acids is 3. The first kappa shape index (κ1) is 19.6. The van der Waals surface area contributed by atoms with Crippen LogP contribution in [0, 0.1) is 5.92 Å². The van der Waals surface area contributed by atoms with E-state index in [0.717, 1.165) is 11.0 Å². The minimum Gasteiger partial charge on any atom is -0.369 e. The minimum atomic E-state index is -4.70. The number of rotatable bonds is 3. The number of carbonyl (C=O) groups is 3. The van der Waals surface area contributed by atoms with Gasteiger partial charge in [-0.05, 0) is 44.1 Å². The highest BCUT2D eigenvalue weighted by Crippen LogP contribution is 2.38. The number of primary amides is 1. The molecule has 27 heavy (non-hydrogen) atoms. The molecule has 2 aliphatic heterocycles. The number of hydrogen-bond acceptors (Lipinski definition) is 4. The van der Waals surface area contributed by atoms with Crippen molar-refractivity contribution in [2.24, 2.45) is 11.7 Å². The van der Waals surface area contributed by atoms with Crippen molar-refractivity contribution in [3.63, 3.8) is 0 Å². The Bertz CT molecular complexity index is 791. The molecule has 146 valence electrons. The van der Waals surface area contributed by atoms with Crippen molar-refractivity contribution in [3.05, 3.63) is 28.8 Å². The van der Waals surface area contributed by atoms with Gasteiger partial charge in [-0.3, -0.25) is 19.3 Å². The van der Waals surface area contributed by atoms with Crippen LogP contribution < -0.4 is 10.6 Å². The first-order chi connectivity index (χ1) is 12.6. The summed E-state index contributed by atoms with van der Waals surface area (Å²) in [6.07, 6.45) is -3.86. The number of likely N-dealkylation sites (tertiary alicyclic amines) is 1. The standard InChI is InChI=1S/C17H17ClF3N3O3/c18-12-2-1-10(7-11(12)17(19,20)21)24-14(25)8-13(16(24)27)23-5-3-9(4-6-23)15(22)26/h1-2,7,9,13H,3-6,8H2,(H2,22,26)/t13-/m0/s1. The van der Waals surface area contributed by atoms with Crippen LogP contribution in [0.2, 0.25) is 5.02 Å². The van der Waals surface area contributed by atoms with E-state index in [4.69, 9.17) is 17.3 Å². The van der Waals surface area contributed by atoms with Gasteiger partial charge in [-0.15, -0.1) is 0 Å². The Morgan fingerprint density at radius 2 is 1.81 bits per heavy atom. The molecule has 2 saturated heterocycles. The molecule has 0 bridgehead atoms. The Kier molecular flexibility index (Phi) is 5.18. The number of benzene rings is 1. The van der Waals surface area contributed by atoms with Gasteiger partial charge in [0.15, 0.2) is 0 Å². The largest absolute Gasteiger partial charge is 0.417 e. The van der Waals surface area contributed by atoms with Gasteiger partial charge >= 0.3 is 6.18 Å². The van der Waals surface area contributed by atoms with Crippen LogP contribution >= 0.6 is 11.6 Å². The molecule has 2 N–H and O–H groups in total. The lowest BCUT2D eigenvalue weighted by atomic mass is 9.95. The number of halogens is 4. The molecule has 2 aliphatic rings. The minimum absolute atomic E-state index is 0.121. The van der Waals surface area contributed by atoms with Crippen molar-refractivity contribution < 1.29 is 27.6 Å². The van der Waals surface area contributed by atoms with Crippen LogP contribution in [0.1, 0.15) is 24.8 Å². The molecule has 3 rings (SSSR count). The molecule has 6 nitrogen and oxygen atoms in total. The van der Waals surface area contributed by atoms with Crippen molar-refractivity contribution >= 4 is 35.0 Å². The number of piperidine rings is 1. The number of amides is 3. The molecule has 0 aliphatic carbocycles. The Hall–Kier alpha value is -2.13. The number of alkyl halides is 3. The molecule has 1 atom stereocenters. The Labute approximate surface area is 158 Å². The van der Waals surface area contributed by atoms with Gasteiger partial charge in [-0.1, -0.05) is 11.6 Å². The average molecular weight is 404 g/mol. The SMILES string of the molecule is NC(=O)C1CCN([C@H]2CC(=O)N(c3ccc(Cl)c(C(F)(F)F)c3)C2=O)CC1. The summed E-state index contributed by atoms with van der Waals surface area (Å²) in [5, 5.41) is -0.504. The van der Waals surface area contributed by atoms with E-state index in [0.29, 0.717) is 32.0 Å². The normalized spacial score (nSPS) is 22.5. The summed E-state index contributed by atoms with van der Waals surface area (Å²) in [5.41, 5.74) is 4.03. The van der Waals surface area contributed by atoms with Crippen molar-refractivity contribution in [1.82, 2.24) is 4.90 Å². The van der Waals surface area contributed by atoms with Crippen molar-refractivity contribution in [2.75, 3.05) is 18.0 Å². The summed E-state index contributed by atoms with van der Waals surface area (Å²) in [6.45, 7) is 0.832. The first-order valence-electron chi connectivity index (χ1n) is 8.36. The Balaban J connectivity index is 1.80. The van der Waals surface area contributed by atoms with Crippen molar-refractivity contribution in [1.29, 1.82) is 0 Å². The lowest BCUT2D eigenvalue weighted by Gasteiger charge is -2.33. The number of nitrogens with zero attached hydrogens (tertiary/aromatic N) is 2. The fourth-order valence-electron chi connectivity index (χ4n) is 3.54. The van der Waals surface area contributed by atoms with Crippen LogP contribution in [0.4, 0.5) is 18.9 Å². The molecule has 2 heterocycles. The third kappa shape index (κ3) is 3.79. The zero-order chi connectivity index (χ0) is 19.9. The molecule has 1 aromatic rings. The second-order valence-corrected chi connectivity index (χ2v) is 7.07. The highest BCUT2D eigenvalue weighted by molar-refractivity contribution is 6.31. The molecule has 0 aromatic heterocycles. The third-order valence-corrected chi connectivity index (χ3v) is 5.34. The van der Waals surface area contributed by atoms with E-state index >= 15 is 0 Å². The molecule has 10 heteroatoms. The predicted molar refractivity (Wildman–Crippen MR) is 90.8 cm³/mol. The van der Waals surface area contributed by atoms with Gasteiger partial charge in [-0.25, -0.2) is 4.90 Å². The summed E-state index contributed by atoms with van der Waals surface area (Å²) >= 11 is 5.60. The molecular formula is C17H17ClF3N3O3. The van der Waals surface area contributed by atoms with E-state index in [1.165, 1.54) is 6.07 Å². The zero-order valence-corrected chi connectivity index (χ0v) is 14.9. The van der Waals surface area contributed by atoms with Gasteiger partial charge in [0.1, 0.15) is 0 Å². The molecular weight excluding hydrogens is 387 g/mol. The van der Waals surface area contributed by atoms with Crippen LogP contribution in [0.5, 0.6) is 0 Å². The molecule has 0 spiro atoms. The number of nitrogens with two attached hydrogens (primary N) is 1. The van der Waals surface area contributed by atoms with E-state index in [-0.39, 0.29) is 18.0 Å². The van der Waals surface area contributed by atoms with Crippen LogP contribution in [0.25, 0.3) is 0 Å². The summed E-state index contributed by atoms with van der Waals surface area (Å²) in [7, 11) is 0. The third-order valence-electron chi connectivity index (χ3n) is 5.01. The number of hydrogen-bond donors (Lipinski definition) is 1. The second-order valence-electron chi connectivity index (χ2n) is 6.66. The quantitative estimate of drug-likeness (QED) is 0.784. The van der Waals surface area contributed by atoms with Gasteiger partial charge in [0, 0.05) is 5.92 Å². The fraction of sp³-hybridized carbons (Fsp3) is 0.471. The van der Waals surface area contributed by atoms with Crippen molar-refractivity contribution in [2.45, 2.75) is 31.5 Å². The van der Waals surface area contributed by atoms with Crippen LogP contribution in [0.15, 0.2) is 18.2 Å². The molecule has 3 amide bonds. The van der Waals surface area contributed by atoms with Gasteiger partial charge in [0.2, 0.25) is 11.8 Å². The summed E-state index contributed by atoms with van der Waals surface area (Å²) in [5.74, 6) is -1.81. The van der Waals surface area contributed by atoms with E-state index in [1.54, 1.807) is 4.90 Å². The summed E-state index contributed by atoms with van der Waals surface area (Å²) < 4.78 is 39.2. The topological polar surface area (TPSA) is 83.7 Å². The van der Waals surface area contributed by atoms with Crippen molar-refractivity contribution in [3.8, 4) is 0 Å². The first-order valence-corrected chi connectivity index (χ1v) is 8.74.